The summed E-state index contributed by atoms with van der Waals surface area (Å²) in [6.45, 7) is 13.2. The Morgan fingerprint density at radius 3 is 2.32 bits per heavy atom. The molecule has 0 aromatic heterocycles. The van der Waals surface area contributed by atoms with Crippen molar-refractivity contribution in [1.82, 2.24) is 4.90 Å². The van der Waals surface area contributed by atoms with Crippen LogP contribution in [-0.2, 0) is 6.54 Å². The van der Waals surface area contributed by atoms with Crippen LogP contribution in [0.15, 0.2) is 12.1 Å². The molecule has 0 radical (unpaired) electrons. The van der Waals surface area contributed by atoms with E-state index in [4.69, 9.17) is 0 Å². The monoisotopic (exact) mass is 261 g/mol. The predicted molar refractivity (Wildman–Crippen MR) is 80.4 cm³/mol. The maximum absolute atomic E-state index is 9.86. The maximum Gasteiger partial charge on any atom is 0.121 e. The zero-order chi connectivity index (χ0) is 14.2. The molecule has 2 nitrogen and oxygen atoms in total. The first kappa shape index (κ1) is 14.4. The number of likely N-dealkylation sites (tertiary alicyclic amines) is 1. The van der Waals surface area contributed by atoms with E-state index in [1.807, 2.05) is 13.8 Å². The molecule has 1 N–H and O–H groups in total. The van der Waals surface area contributed by atoms with E-state index in [0.29, 0.717) is 11.8 Å². The van der Waals surface area contributed by atoms with Crippen LogP contribution in [0, 0.1) is 25.7 Å². The fraction of sp³-hybridized carbons (Fsp3) is 0.647. The molecule has 2 rings (SSSR count). The summed E-state index contributed by atoms with van der Waals surface area (Å²) >= 11 is 0. The molecule has 2 heteroatoms. The topological polar surface area (TPSA) is 23.5 Å². The van der Waals surface area contributed by atoms with Crippen LogP contribution in [0.5, 0.6) is 5.75 Å². The Morgan fingerprint density at radius 2 is 1.74 bits per heavy atom. The predicted octanol–water partition coefficient (Wildman–Crippen LogP) is 3.88. The van der Waals surface area contributed by atoms with Crippen LogP contribution in [0.2, 0.25) is 0 Å². The molecule has 1 heterocycles. The molecule has 1 aliphatic heterocycles. The van der Waals surface area contributed by atoms with Crippen LogP contribution in [0.1, 0.15) is 43.9 Å². The summed E-state index contributed by atoms with van der Waals surface area (Å²) in [5.74, 6) is 1.99. The summed E-state index contributed by atoms with van der Waals surface area (Å²) in [5, 5.41) is 9.86. The lowest BCUT2D eigenvalue weighted by Crippen LogP contribution is -2.45. The molecule has 0 spiro atoms. The van der Waals surface area contributed by atoms with Gasteiger partial charge >= 0.3 is 0 Å². The zero-order valence-corrected chi connectivity index (χ0v) is 12.9. The Kier molecular flexibility index (Phi) is 4.19. The van der Waals surface area contributed by atoms with Crippen LogP contribution in [0.3, 0.4) is 0 Å². The highest BCUT2D eigenvalue weighted by molar-refractivity contribution is 5.42. The van der Waals surface area contributed by atoms with E-state index in [9.17, 15) is 5.11 Å². The molecule has 19 heavy (non-hydrogen) atoms. The Hall–Kier alpha value is -1.02. The third-order valence-electron chi connectivity index (χ3n) is 4.66. The summed E-state index contributed by atoms with van der Waals surface area (Å²) in [7, 11) is 0. The molecule has 0 bridgehead atoms. The van der Waals surface area contributed by atoms with Gasteiger partial charge in [-0.1, -0.05) is 26.0 Å². The molecule has 1 saturated heterocycles. The summed E-state index contributed by atoms with van der Waals surface area (Å²) in [6, 6.07) is 4.89. The average molecular weight is 261 g/mol. The molecule has 106 valence electrons. The third kappa shape index (κ3) is 3.11. The first-order valence-electron chi connectivity index (χ1n) is 7.41. The number of hydrogen-bond donors (Lipinski definition) is 1. The Morgan fingerprint density at radius 1 is 1.16 bits per heavy atom. The number of phenolic OH excluding ortho intramolecular Hbond substituents is 1. The minimum absolute atomic E-state index is 0.442. The van der Waals surface area contributed by atoms with Crippen molar-refractivity contribution in [3.05, 3.63) is 28.8 Å². The molecule has 3 atom stereocenters. The number of benzene rings is 1. The summed E-state index contributed by atoms with van der Waals surface area (Å²) in [4.78, 5) is 2.59. The van der Waals surface area contributed by atoms with Crippen LogP contribution in [0.25, 0.3) is 0 Å². The van der Waals surface area contributed by atoms with Gasteiger partial charge in [-0.15, -0.1) is 0 Å². The number of phenols is 1. The van der Waals surface area contributed by atoms with E-state index in [1.54, 1.807) is 0 Å². The van der Waals surface area contributed by atoms with Crippen molar-refractivity contribution in [2.24, 2.45) is 11.8 Å². The van der Waals surface area contributed by atoms with Gasteiger partial charge in [0.15, 0.2) is 0 Å². The van der Waals surface area contributed by atoms with Crippen molar-refractivity contribution in [3.63, 3.8) is 0 Å². The highest BCUT2D eigenvalue weighted by Crippen LogP contribution is 2.29. The lowest BCUT2D eigenvalue weighted by molar-refractivity contribution is 0.0729. The number of aromatic hydroxyl groups is 1. The fourth-order valence-electron chi connectivity index (χ4n) is 3.41. The number of rotatable bonds is 2. The van der Waals surface area contributed by atoms with Crippen LogP contribution in [0.4, 0.5) is 0 Å². The second-order valence-electron chi connectivity index (χ2n) is 6.57. The minimum Gasteiger partial charge on any atom is -0.507 e. The minimum atomic E-state index is 0.442. The molecule has 1 aromatic rings. The number of nitrogens with zero attached hydrogens (tertiary/aromatic N) is 1. The highest BCUT2D eigenvalue weighted by atomic mass is 16.3. The number of hydrogen-bond acceptors (Lipinski definition) is 2. The van der Waals surface area contributed by atoms with E-state index in [1.165, 1.54) is 18.5 Å². The van der Waals surface area contributed by atoms with Gasteiger partial charge in [0.1, 0.15) is 5.75 Å². The lowest BCUT2D eigenvalue weighted by Gasteiger charge is -2.41. The van der Waals surface area contributed by atoms with Gasteiger partial charge in [-0.05, 0) is 55.7 Å². The van der Waals surface area contributed by atoms with E-state index in [-0.39, 0.29) is 0 Å². The molecule has 3 unspecified atom stereocenters. The standard InChI is InChI=1S/C17H27NO/c1-11-6-12(2)15(5)18(9-11)10-16-7-13(3)17(19)14(4)8-16/h7-8,11-12,15,19H,6,9-10H2,1-5H3. The molecule has 0 amide bonds. The van der Waals surface area contributed by atoms with Crippen LogP contribution < -0.4 is 0 Å². The van der Waals surface area contributed by atoms with Gasteiger partial charge in [-0.25, -0.2) is 0 Å². The number of piperidine rings is 1. The van der Waals surface area contributed by atoms with Gasteiger partial charge in [0, 0.05) is 19.1 Å². The largest absolute Gasteiger partial charge is 0.507 e. The second kappa shape index (κ2) is 5.54. The van der Waals surface area contributed by atoms with Crippen molar-refractivity contribution < 1.29 is 5.11 Å². The molecular formula is C17H27NO. The highest BCUT2D eigenvalue weighted by Gasteiger charge is 2.28. The first-order chi connectivity index (χ1) is 8.88. The summed E-state index contributed by atoms with van der Waals surface area (Å²) < 4.78 is 0. The zero-order valence-electron chi connectivity index (χ0n) is 12.9. The molecule has 0 aliphatic carbocycles. The molecule has 1 aliphatic rings. The summed E-state index contributed by atoms with van der Waals surface area (Å²) in [5.41, 5.74) is 3.29. The SMILES string of the molecule is Cc1cc(CN2CC(C)CC(C)C2C)cc(C)c1O. The van der Waals surface area contributed by atoms with Crippen molar-refractivity contribution in [2.45, 2.75) is 53.6 Å². The van der Waals surface area contributed by atoms with Crippen LogP contribution >= 0.6 is 0 Å². The maximum atomic E-state index is 9.86. The Labute approximate surface area is 117 Å². The van der Waals surface area contributed by atoms with Crippen molar-refractivity contribution in [3.8, 4) is 5.75 Å². The quantitative estimate of drug-likeness (QED) is 0.873. The van der Waals surface area contributed by atoms with E-state index >= 15 is 0 Å². The number of aryl methyl sites for hydroxylation is 2. The molecular weight excluding hydrogens is 234 g/mol. The lowest BCUT2D eigenvalue weighted by atomic mass is 9.85. The van der Waals surface area contributed by atoms with Crippen molar-refractivity contribution in [2.75, 3.05) is 6.54 Å². The van der Waals surface area contributed by atoms with Crippen LogP contribution in [-0.4, -0.2) is 22.6 Å². The molecule has 1 aromatic carbocycles. The fourth-order valence-corrected chi connectivity index (χ4v) is 3.41. The average Bonchev–Trinajstić information content (AvgIpc) is 2.32. The van der Waals surface area contributed by atoms with Crippen molar-refractivity contribution >= 4 is 0 Å². The third-order valence-corrected chi connectivity index (χ3v) is 4.66. The first-order valence-corrected chi connectivity index (χ1v) is 7.41. The van der Waals surface area contributed by atoms with Gasteiger partial charge in [-0.2, -0.15) is 0 Å². The normalized spacial score (nSPS) is 28.6. The van der Waals surface area contributed by atoms with Gasteiger partial charge in [0.25, 0.3) is 0 Å². The van der Waals surface area contributed by atoms with Gasteiger partial charge in [-0.3, -0.25) is 4.90 Å². The van der Waals surface area contributed by atoms with Gasteiger partial charge < -0.3 is 5.11 Å². The van der Waals surface area contributed by atoms with Gasteiger partial charge in [0.2, 0.25) is 0 Å². The van der Waals surface area contributed by atoms with E-state index < -0.39 is 0 Å². The van der Waals surface area contributed by atoms with Gasteiger partial charge in [0.05, 0.1) is 0 Å². The van der Waals surface area contributed by atoms with E-state index in [2.05, 4.69) is 37.8 Å². The second-order valence-corrected chi connectivity index (χ2v) is 6.57. The molecule has 0 saturated carbocycles. The smallest absolute Gasteiger partial charge is 0.121 e. The Balaban J connectivity index is 2.16. The van der Waals surface area contributed by atoms with Crippen molar-refractivity contribution in [1.29, 1.82) is 0 Å². The van der Waals surface area contributed by atoms with E-state index in [0.717, 1.165) is 29.5 Å². The Bertz CT molecular complexity index is 432. The summed E-state index contributed by atoms with van der Waals surface area (Å²) in [6.07, 6.45) is 1.34. The molecule has 1 fully saturated rings.